The summed E-state index contributed by atoms with van der Waals surface area (Å²) in [6, 6.07) is 0. The zero-order valence-electron chi connectivity index (χ0n) is 9.10. The van der Waals surface area contributed by atoms with Crippen LogP contribution in [0.15, 0.2) is 0 Å². The highest BCUT2D eigenvalue weighted by Gasteiger charge is 2.08. The van der Waals surface area contributed by atoms with E-state index < -0.39 is 0 Å². The van der Waals surface area contributed by atoms with Crippen LogP contribution in [0.3, 0.4) is 0 Å². The van der Waals surface area contributed by atoms with E-state index in [0.717, 1.165) is 32.6 Å². The molecule has 0 aromatic heterocycles. The van der Waals surface area contributed by atoms with Crippen LogP contribution in [0.1, 0.15) is 33.6 Å². The summed E-state index contributed by atoms with van der Waals surface area (Å²) < 4.78 is 0. The molecule has 0 atom stereocenters. The number of hydrogen-bond acceptors (Lipinski definition) is 2. The topological polar surface area (TPSA) is 32.3 Å². The molecule has 0 radical (unpaired) electrons. The molecule has 0 heterocycles. The van der Waals surface area contributed by atoms with Crippen molar-refractivity contribution in [2.75, 3.05) is 26.2 Å². The first kappa shape index (κ1) is 12.4. The van der Waals surface area contributed by atoms with Crippen molar-refractivity contribution in [1.82, 2.24) is 10.2 Å². The molecular formula is C10H22N2O. The number of carbonyl (C=O) groups excluding carboxylic acids is 1. The summed E-state index contributed by atoms with van der Waals surface area (Å²) in [7, 11) is 0. The molecule has 0 unspecified atom stereocenters. The summed E-state index contributed by atoms with van der Waals surface area (Å²) in [5.74, 6) is 0.269. The predicted octanol–water partition coefficient (Wildman–Crippen LogP) is 1.24. The van der Waals surface area contributed by atoms with Crippen molar-refractivity contribution in [2.24, 2.45) is 0 Å². The minimum Gasteiger partial charge on any atom is -0.343 e. The molecule has 1 amide bonds. The second-order valence-electron chi connectivity index (χ2n) is 3.08. The Kier molecular flexibility index (Phi) is 7.69. The summed E-state index contributed by atoms with van der Waals surface area (Å²) in [5, 5.41) is 3.15. The molecule has 0 aliphatic carbocycles. The smallest absolute Gasteiger partial charge is 0.223 e. The van der Waals surface area contributed by atoms with Gasteiger partial charge >= 0.3 is 0 Å². The minimum absolute atomic E-state index is 0.269. The van der Waals surface area contributed by atoms with Gasteiger partial charge in [0.2, 0.25) is 5.91 Å². The summed E-state index contributed by atoms with van der Waals surface area (Å²) in [6.07, 6.45) is 1.67. The van der Waals surface area contributed by atoms with Gasteiger partial charge in [0.05, 0.1) is 0 Å². The van der Waals surface area contributed by atoms with E-state index in [1.54, 1.807) is 0 Å². The molecule has 0 aliphatic heterocycles. The Morgan fingerprint density at radius 1 is 1.31 bits per heavy atom. The molecule has 0 spiro atoms. The van der Waals surface area contributed by atoms with Crippen LogP contribution in [0, 0.1) is 0 Å². The van der Waals surface area contributed by atoms with Crippen molar-refractivity contribution in [3.8, 4) is 0 Å². The monoisotopic (exact) mass is 186 g/mol. The van der Waals surface area contributed by atoms with Crippen molar-refractivity contribution >= 4 is 5.91 Å². The van der Waals surface area contributed by atoms with E-state index in [1.165, 1.54) is 0 Å². The lowest BCUT2D eigenvalue weighted by Crippen LogP contribution is -2.33. The Morgan fingerprint density at radius 3 is 2.46 bits per heavy atom. The number of nitrogens with zero attached hydrogens (tertiary/aromatic N) is 1. The molecule has 0 saturated heterocycles. The molecule has 0 fully saturated rings. The fraction of sp³-hybridized carbons (Fsp3) is 0.900. The van der Waals surface area contributed by atoms with Gasteiger partial charge in [0.1, 0.15) is 0 Å². The molecule has 13 heavy (non-hydrogen) atoms. The number of hydrogen-bond donors (Lipinski definition) is 1. The van der Waals surface area contributed by atoms with Crippen molar-refractivity contribution in [2.45, 2.75) is 33.6 Å². The molecule has 0 aromatic rings. The lowest BCUT2D eigenvalue weighted by atomic mass is 10.3. The molecule has 3 nitrogen and oxygen atoms in total. The number of carbonyl (C=O) groups is 1. The van der Waals surface area contributed by atoms with Crippen LogP contribution in [0.25, 0.3) is 0 Å². The van der Waals surface area contributed by atoms with Gasteiger partial charge in [0.25, 0.3) is 0 Å². The maximum Gasteiger partial charge on any atom is 0.223 e. The highest BCUT2D eigenvalue weighted by Crippen LogP contribution is 1.95. The van der Waals surface area contributed by atoms with Crippen molar-refractivity contribution in [3.63, 3.8) is 0 Å². The summed E-state index contributed by atoms with van der Waals surface area (Å²) in [6.45, 7) is 9.64. The first-order chi connectivity index (χ1) is 6.26. The van der Waals surface area contributed by atoms with Crippen LogP contribution >= 0.6 is 0 Å². The SMILES string of the molecule is CCCN(CC)C(=O)CCNCC. The minimum atomic E-state index is 0.269. The van der Waals surface area contributed by atoms with Crippen molar-refractivity contribution in [3.05, 3.63) is 0 Å². The van der Waals surface area contributed by atoms with Gasteiger partial charge in [-0.05, 0) is 19.9 Å². The van der Waals surface area contributed by atoms with Gasteiger partial charge in [-0.3, -0.25) is 4.79 Å². The maximum atomic E-state index is 11.5. The molecular weight excluding hydrogens is 164 g/mol. The van der Waals surface area contributed by atoms with Gasteiger partial charge in [-0.1, -0.05) is 13.8 Å². The van der Waals surface area contributed by atoms with E-state index in [0.29, 0.717) is 6.42 Å². The Labute approximate surface area is 81.5 Å². The molecule has 78 valence electrons. The van der Waals surface area contributed by atoms with E-state index in [9.17, 15) is 4.79 Å². The Morgan fingerprint density at radius 2 is 2.00 bits per heavy atom. The van der Waals surface area contributed by atoms with Gasteiger partial charge in [0, 0.05) is 26.1 Å². The highest BCUT2D eigenvalue weighted by atomic mass is 16.2. The van der Waals surface area contributed by atoms with Crippen LogP contribution < -0.4 is 5.32 Å². The zero-order chi connectivity index (χ0) is 10.1. The lowest BCUT2D eigenvalue weighted by Gasteiger charge is -2.19. The molecule has 1 N–H and O–H groups in total. The quantitative estimate of drug-likeness (QED) is 0.607. The van der Waals surface area contributed by atoms with Crippen LogP contribution in [-0.4, -0.2) is 37.0 Å². The second-order valence-corrected chi connectivity index (χ2v) is 3.08. The fourth-order valence-electron chi connectivity index (χ4n) is 1.26. The van der Waals surface area contributed by atoms with Crippen molar-refractivity contribution < 1.29 is 4.79 Å². The summed E-state index contributed by atoms with van der Waals surface area (Å²) in [5.41, 5.74) is 0. The number of nitrogens with one attached hydrogen (secondary N) is 1. The third-order valence-corrected chi connectivity index (χ3v) is 1.99. The first-order valence-corrected chi connectivity index (χ1v) is 5.24. The molecule has 0 bridgehead atoms. The third-order valence-electron chi connectivity index (χ3n) is 1.99. The van der Waals surface area contributed by atoms with Crippen LogP contribution in [0.2, 0.25) is 0 Å². The first-order valence-electron chi connectivity index (χ1n) is 5.24. The van der Waals surface area contributed by atoms with Crippen LogP contribution in [0.5, 0.6) is 0 Å². The Bertz CT molecular complexity index is 137. The van der Waals surface area contributed by atoms with Gasteiger partial charge in [-0.2, -0.15) is 0 Å². The summed E-state index contributed by atoms with van der Waals surface area (Å²) >= 11 is 0. The molecule has 0 saturated carbocycles. The third kappa shape index (κ3) is 5.64. The van der Waals surface area contributed by atoms with E-state index in [2.05, 4.69) is 12.2 Å². The zero-order valence-corrected chi connectivity index (χ0v) is 9.10. The Balaban J connectivity index is 3.64. The maximum absolute atomic E-state index is 11.5. The van der Waals surface area contributed by atoms with E-state index in [1.807, 2.05) is 18.7 Å². The summed E-state index contributed by atoms with van der Waals surface area (Å²) in [4.78, 5) is 13.4. The second kappa shape index (κ2) is 8.05. The molecule has 0 aromatic carbocycles. The Hall–Kier alpha value is -0.570. The number of amides is 1. The van der Waals surface area contributed by atoms with Crippen molar-refractivity contribution in [1.29, 1.82) is 0 Å². The molecule has 0 aliphatic rings. The van der Waals surface area contributed by atoms with E-state index >= 15 is 0 Å². The van der Waals surface area contributed by atoms with Gasteiger partial charge in [-0.25, -0.2) is 0 Å². The van der Waals surface area contributed by atoms with E-state index in [-0.39, 0.29) is 5.91 Å². The van der Waals surface area contributed by atoms with Gasteiger partial charge in [0.15, 0.2) is 0 Å². The highest BCUT2D eigenvalue weighted by molar-refractivity contribution is 5.76. The van der Waals surface area contributed by atoms with Crippen LogP contribution in [0.4, 0.5) is 0 Å². The standard InChI is InChI=1S/C10H22N2O/c1-4-9-12(6-3)10(13)7-8-11-5-2/h11H,4-9H2,1-3H3. The fourth-order valence-corrected chi connectivity index (χ4v) is 1.26. The normalized spacial score (nSPS) is 10.1. The average molecular weight is 186 g/mol. The number of rotatable bonds is 7. The molecule has 0 rings (SSSR count). The molecule has 3 heteroatoms. The van der Waals surface area contributed by atoms with Crippen LogP contribution in [-0.2, 0) is 4.79 Å². The van der Waals surface area contributed by atoms with E-state index in [4.69, 9.17) is 0 Å². The average Bonchev–Trinajstić information content (AvgIpc) is 2.14. The van der Waals surface area contributed by atoms with Gasteiger partial charge < -0.3 is 10.2 Å². The predicted molar refractivity (Wildman–Crippen MR) is 55.7 cm³/mol. The van der Waals surface area contributed by atoms with Gasteiger partial charge in [-0.15, -0.1) is 0 Å². The largest absolute Gasteiger partial charge is 0.343 e. The lowest BCUT2D eigenvalue weighted by molar-refractivity contribution is -0.130.